The van der Waals surface area contributed by atoms with Crippen LogP contribution in [-0.2, 0) is 59.2 Å². The molecule has 2 aromatic carbocycles. The number of aliphatic hydroxyl groups excluding tert-OH is 1. The average Bonchev–Trinajstić information content (AvgIpc) is 0.829. The van der Waals surface area contributed by atoms with Crippen LogP contribution in [0.4, 0.5) is 4.79 Å². The maximum Gasteiger partial charge on any atom is 0.327 e. The van der Waals surface area contributed by atoms with Gasteiger partial charge in [0.15, 0.2) is 6.04 Å². The molecular formula is C70H110N12O14. The number of imide groups is 1. The molecule has 13 amide bonds. The summed E-state index contributed by atoms with van der Waals surface area (Å²) >= 11 is 0. The van der Waals surface area contributed by atoms with Crippen molar-refractivity contribution >= 4 is 71.0 Å². The van der Waals surface area contributed by atoms with Crippen molar-refractivity contribution in [3.63, 3.8) is 0 Å². The van der Waals surface area contributed by atoms with Gasteiger partial charge in [0.05, 0.1) is 12.6 Å². The summed E-state index contributed by atoms with van der Waals surface area (Å²) in [5.74, 6) is -10.0. The Hall–Kier alpha value is -8.16. The lowest BCUT2D eigenvalue weighted by molar-refractivity contribution is -0.152. The number of likely N-dealkylation sites (N-methyl/N-ethyl adjacent to an activating group) is 6. The number of amides is 13. The third-order valence-electron chi connectivity index (χ3n) is 18.0. The van der Waals surface area contributed by atoms with Gasteiger partial charge in [-0.05, 0) is 107 Å². The fraction of sp³-hybridized carbons (Fsp3) is 0.657. The highest BCUT2D eigenvalue weighted by atomic mass is 16.5. The Balaban J connectivity index is 1.99. The van der Waals surface area contributed by atoms with Crippen LogP contribution in [0.15, 0.2) is 60.7 Å². The Morgan fingerprint density at radius 1 is 0.510 bits per heavy atom. The summed E-state index contributed by atoms with van der Waals surface area (Å²) in [6.07, 6.45) is 0.367. The number of rotatable bonds is 17. The summed E-state index contributed by atoms with van der Waals surface area (Å²) in [7, 11) is 8.18. The highest BCUT2D eigenvalue weighted by molar-refractivity contribution is 6.09. The molecule has 2 aromatic rings. The largest absolute Gasteiger partial charge is 0.492 e. The number of likely N-dealkylation sites (tertiary alicyclic amines) is 1. The van der Waals surface area contributed by atoms with E-state index < -0.39 is 150 Å². The van der Waals surface area contributed by atoms with Crippen LogP contribution >= 0.6 is 0 Å². The molecule has 0 aliphatic carbocycles. The van der Waals surface area contributed by atoms with E-state index in [0.29, 0.717) is 24.2 Å². The van der Waals surface area contributed by atoms with E-state index in [1.807, 2.05) is 27.7 Å². The fourth-order valence-corrected chi connectivity index (χ4v) is 12.4. The number of carbonyl (C=O) groups excluding carboxylic acids is 12. The third kappa shape index (κ3) is 21.4. The molecule has 0 radical (unpaired) electrons. The topological polar surface area (TPSA) is 308 Å². The van der Waals surface area contributed by atoms with Gasteiger partial charge < -0.3 is 65.4 Å². The second kappa shape index (κ2) is 37.4. The Bertz CT molecular complexity index is 2980. The molecule has 0 saturated carbocycles. The van der Waals surface area contributed by atoms with Crippen LogP contribution in [-0.4, -0.2) is 250 Å². The first kappa shape index (κ1) is 80.3. The van der Waals surface area contributed by atoms with E-state index in [1.165, 1.54) is 75.7 Å². The molecular weight excluding hydrogens is 1230 g/mol. The molecule has 26 heteroatoms. The van der Waals surface area contributed by atoms with Crippen molar-refractivity contribution in [2.75, 3.05) is 68.5 Å². The van der Waals surface area contributed by atoms with Gasteiger partial charge in [-0.3, -0.25) is 57.6 Å². The molecule has 11 atom stereocenters. The number of ether oxygens (including phenoxy) is 1. The van der Waals surface area contributed by atoms with Crippen molar-refractivity contribution in [1.82, 2.24) is 60.5 Å². The molecule has 2 aliphatic heterocycles. The third-order valence-corrected chi connectivity index (χ3v) is 18.0. The van der Waals surface area contributed by atoms with E-state index in [4.69, 9.17) is 4.74 Å². The number of benzene rings is 2. The second-order valence-electron chi connectivity index (χ2n) is 27.3. The van der Waals surface area contributed by atoms with Crippen molar-refractivity contribution in [2.45, 2.75) is 207 Å². The minimum atomic E-state index is -1.96. The van der Waals surface area contributed by atoms with Crippen LogP contribution in [0.1, 0.15) is 140 Å². The van der Waals surface area contributed by atoms with Gasteiger partial charge in [0.2, 0.25) is 47.3 Å². The number of carbonyl (C=O) groups is 12. The highest BCUT2D eigenvalue weighted by Gasteiger charge is 2.46. The van der Waals surface area contributed by atoms with Crippen molar-refractivity contribution in [1.29, 1.82) is 0 Å². The van der Waals surface area contributed by atoms with Gasteiger partial charge in [0.1, 0.15) is 66.7 Å². The first-order valence-corrected chi connectivity index (χ1v) is 33.9. The summed E-state index contributed by atoms with van der Waals surface area (Å²) < 4.78 is 5.97. The van der Waals surface area contributed by atoms with Crippen LogP contribution in [0.2, 0.25) is 0 Å². The summed E-state index contributed by atoms with van der Waals surface area (Å²) in [5, 5.41) is 22.4. The molecule has 2 saturated heterocycles. The lowest BCUT2D eigenvalue weighted by atomic mass is 9.97. The van der Waals surface area contributed by atoms with Crippen molar-refractivity contribution < 1.29 is 67.4 Å². The number of aliphatic hydroxyl groups is 1. The summed E-state index contributed by atoms with van der Waals surface area (Å²) in [4.78, 5) is 189. The van der Waals surface area contributed by atoms with E-state index >= 15 is 28.8 Å². The monoisotopic (exact) mass is 1340 g/mol. The van der Waals surface area contributed by atoms with Crippen LogP contribution in [0.25, 0.3) is 0 Å². The minimum Gasteiger partial charge on any atom is -0.492 e. The standard InChI is InChI=1S/C70H110N12O14/c1-19-51-59(84)73-56(47(12)83)69(94)82(36-37-96-49-32-26-22-27-33-49)70(95)79(17)53(39-43(5)6)61(86)74-57(68(93)81-34-28-23-29-35-81)67(92)80(18)58(45(9)10)62(87)72-50(38-42(3)4)64(89)76(14)52(20-2)65(90)77(15)54(41-48-30-24-21-25-31-48)60(85)71-46(11)63(88)78(16)55(40-44(7)8)66(91)75(51)13/h21-22,24-27,30-33,42-47,50-58,83H,19-20,23,28-29,34-41H2,1-18H3,(H,71,85)(H,72,87)(H,73,84)(H,74,86)/t46-,47+,50?,51-,52-,53?,54-,55?,56-,57-,58-/m0/s1. The zero-order chi connectivity index (χ0) is 72.2. The lowest BCUT2D eigenvalue weighted by Gasteiger charge is -2.38. The molecule has 0 spiro atoms. The van der Waals surface area contributed by atoms with Gasteiger partial charge in [-0.1, -0.05) is 118 Å². The first-order chi connectivity index (χ1) is 45.1. The van der Waals surface area contributed by atoms with Gasteiger partial charge in [-0.2, -0.15) is 0 Å². The molecule has 4 rings (SSSR count). The quantitative estimate of drug-likeness (QED) is 0.141. The number of hydrogen-bond donors (Lipinski definition) is 5. The molecule has 2 heterocycles. The molecule has 2 aliphatic rings. The highest BCUT2D eigenvalue weighted by Crippen LogP contribution is 2.24. The van der Waals surface area contributed by atoms with Crippen LogP contribution in [0, 0.1) is 23.7 Å². The minimum absolute atomic E-state index is 0.0311. The van der Waals surface area contributed by atoms with Gasteiger partial charge in [0, 0.05) is 61.8 Å². The number of para-hydroxylation sites is 1. The van der Waals surface area contributed by atoms with E-state index in [0.717, 1.165) is 26.0 Å². The first-order valence-electron chi connectivity index (χ1n) is 33.9. The normalized spacial score (nSPS) is 25.3. The molecule has 0 aromatic heterocycles. The van der Waals surface area contributed by atoms with Crippen LogP contribution in [0.5, 0.6) is 5.75 Å². The maximum absolute atomic E-state index is 15.3. The van der Waals surface area contributed by atoms with E-state index in [1.54, 1.807) is 102 Å². The van der Waals surface area contributed by atoms with Crippen LogP contribution < -0.4 is 26.0 Å². The average molecular weight is 1340 g/mol. The Labute approximate surface area is 568 Å². The number of hydrogen-bond acceptors (Lipinski definition) is 14. The smallest absolute Gasteiger partial charge is 0.327 e. The Morgan fingerprint density at radius 3 is 1.53 bits per heavy atom. The van der Waals surface area contributed by atoms with Crippen LogP contribution in [0.3, 0.4) is 0 Å². The number of urea groups is 1. The number of nitrogens with zero attached hydrogens (tertiary/aromatic N) is 8. The van der Waals surface area contributed by atoms with Gasteiger partial charge in [-0.15, -0.1) is 0 Å². The molecule has 5 N–H and O–H groups in total. The van der Waals surface area contributed by atoms with Gasteiger partial charge >= 0.3 is 6.03 Å². The van der Waals surface area contributed by atoms with Crippen molar-refractivity contribution in [3.05, 3.63) is 66.2 Å². The van der Waals surface area contributed by atoms with E-state index in [2.05, 4.69) is 21.3 Å². The molecule has 2 fully saturated rings. The van der Waals surface area contributed by atoms with E-state index in [-0.39, 0.29) is 76.0 Å². The molecule has 26 nitrogen and oxygen atoms in total. The molecule has 534 valence electrons. The summed E-state index contributed by atoms with van der Waals surface area (Å²) in [6.45, 7) is 19.9. The zero-order valence-corrected chi connectivity index (χ0v) is 60.0. The van der Waals surface area contributed by atoms with Crippen molar-refractivity contribution in [2.24, 2.45) is 23.7 Å². The van der Waals surface area contributed by atoms with E-state index in [9.17, 15) is 33.9 Å². The number of nitrogens with one attached hydrogen (secondary N) is 4. The lowest BCUT2D eigenvalue weighted by Crippen LogP contribution is -2.65. The number of piperidine rings is 1. The summed E-state index contributed by atoms with van der Waals surface area (Å²) in [6, 6.07) is 1.92. The molecule has 0 bridgehead atoms. The molecule has 96 heavy (non-hydrogen) atoms. The Morgan fingerprint density at radius 2 is 1.00 bits per heavy atom. The maximum atomic E-state index is 15.3. The predicted octanol–water partition coefficient (Wildman–Crippen LogP) is 3.67. The Kier molecular flexibility index (Phi) is 31.3. The fourth-order valence-electron chi connectivity index (χ4n) is 12.4. The van der Waals surface area contributed by atoms with Gasteiger partial charge in [-0.25, -0.2) is 4.79 Å². The molecule has 3 unspecified atom stereocenters. The van der Waals surface area contributed by atoms with Gasteiger partial charge in [0.25, 0.3) is 17.7 Å². The second-order valence-corrected chi connectivity index (χ2v) is 27.3. The summed E-state index contributed by atoms with van der Waals surface area (Å²) in [5.41, 5.74) is 0.660. The zero-order valence-electron chi connectivity index (χ0n) is 60.0. The van der Waals surface area contributed by atoms with Crippen molar-refractivity contribution in [3.8, 4) is 5.75 Å². The predicted molar refractivity (Wildman–Crippen MR) is 363 cm³/mol. The SMILES string of the molecule is CC[C@H]1C(=O)N(C)[C@@H](Cc2ccccc2)C(=O)N[C@@H](C)C(=O)N(C)C(CC(C)C)C(=O)N(C)[C@@H](CC)C(=O)N[C@@H]([C@@H](C)O)C(=O)N(CCOc2ccccc2)C(=O)N(C)C(CC(C)C)C(=O)N[C@H](C(=O)N2CCCCC2)C(=O)N(C)[C@@H](C(C)C)C(=O)NC(CC(C)C)C(=O)N1C.